The molecule has 1 amide bonds. The fourth-order valence-electron chi connectivity index (χ4n) is 3.19. The normalized spacial score (nSPS) is 14.4. The van der Waals surface area contributed by atoms with Gasteiger partial charge in [0, 0.05) is 38.8 Å². The first-order valence-electron chi connectivity index (χ1n) is 9.79. The molecule has 1 saturated heterocycles. The van der Waals surface area contributed by atoms with Gasteiger partial charge in [0.15, 0.2) is 6.61 Å². The van der Waals surface area contributed by atoms with Crippen molar-refractivity contribution in [3.05, 3.63) is 58.5 Å². The van der Waals surface area contributed by atoms with Gasteiger partial charge in [-0.1, -0.05) is 23.7 Å². The van der Waals surface area contributed by atoms with Crippen LogP contribution in [0.1, 0.15) is 17.5 Å². The van der Waals surface area contributed by atoms with E-state index < -0.39 is 24.3 Å². The van der Waals surface area contributed by atoms with Crippen molar-refractivity contribution < 1.29 is 31.9 Å². The highest BCUT2D eigenvalue weighted by atomic mass is 35.5. The van der Waals surface area contributed by atoms with E-state index in [1.54, 1.807) is 17.0 Å². The first-order chi connectivity index (χ1) is 15.1. The van der Waals surface area contributed by atoms with Crippen LogP contribution in [0.15, 0.2) is 36.5 Å². The Kier molecular flexibility index (Phi) is 7.55. The van der Waals surface area contributed by atoms with Gasteiger partial charge in [-0.3, -0.25) is 9.59 Å². The molecule has 6 nitrogen and oxygen atoms in total. The molecule has 0 atom stereocenters. The number of hydrogen-bond acceptors (Lipinski definition) is 5. The Bertz CT molecular complexity index is 962. The lowest BCUT2D eigenvalue weighted by atomic mass is 10.1. The molecule has 0 spiro atoms. The third-order valence-corrected chi connectivity index (χ3v) is 5.25. The van der Waals surface area contributed by atoms with Gasteiger partial charge in [-0.05, 0) is 30.2 Å². The summed E-state index contributed by atoms with van der Waals surface area (Å²) in [5, 5.41) is -0.116. The van der Waals surface area contributed by atoms with Crippen molar-refractivity contribution in [2.75, 3.05) is 37.7 Å². The van der Waals surface area contributed by atoms with E-state index in [0.717, 1.165) is 17.8 Å². The van der Waals surface area contributed by atoms with Crippen molar-refractivity contribution in [3.63, 3.8) is 0 Å². The van der Waals surface area contributed by atoms with Crippen LogP contribution in [0, 0.1) is 5.82 Å². The second-order valence-corrected chi connectivity index (χ2v) is 7.59. The van der Waals surface area contributed by atoms with Crippen molar-refractivity contribution >= 4 is 29.3 Å². The molecule has 0 radical (unpaired) electrons. The highest BCUT2D eigenvalue weighted by Crippen LogP contribution is 2.33. The van der Waals surface area contributed by atoms with Crippen LogP contribution in [0.5, 0.6) is 0 Å². The molecular weight excluding hydrogens is 454 g/mol. The molecule has 1 aromatic carbocycles. The Hall–Kier alpha value is -2.88. The molecule has 2 aromatic rings. The zero-order chi connectivity index (χ0) is 23.3. The number of nitrogens with zero attached hydrogens (tertiary/aromatic N) is 3. The molecule has 0 unspecified atom stereocenters. The van der Waals surface area contributed by atoms with Crippen LogP contribution in [0.25, 0.3) is 0 Å². The standard InChI is InChI=1S/C21H20ClF4N3O3/c22-17-11-15(21(24,25)26)12-27-20(17)29-9-7-28(8-10-29)18(30)13-32-19(31)6-3-14-1-4-16(23)5-2-14/h1-2,4-5,11-12H,3,6-10,13H2. The van der Waals surface area contributed by atoms with Crippen molar-refractivity contribution in [2.24, 2.45) is 0 Å². The van der Waals surface area contributed by atoms with Gasteiger partial charge >= 0.3 is 12.1 Å². The van der Waals surface area contributed by atoms with E-state index in [2.05, 4.69) is 4.98 Å². The number of benzene rings is 1. The predicted molar refractivity (Wildman–Crippen MR) is 109 cm³/mol. The van der Waals surface area contributed by atoms with Crippen LogP contribution in [-0.4, -0.2) is 54.5 Å². The van der Waals surface area contributed by atoms with Gasteiger partial charge < -0.3 is 14.5 Å². The number of rotatable bonds is 6. The Balaban J connectivity index is 1.43. The molecular formula is C21H20ClF4N3O3. The average Bonchev–Trinajstić information content (AvgIpc) is 2.76. The largest absolute Gasteiger partial charge is 0.456 e. The summed E-state index contributed by atoms with van der Waals surface area (Å²) in [7, 11) is 0. The summed E-state index contributed by atoms with van der Waals surface area (Å²) in [6.45, 7) is 0.808. The number of ether oxygens (including phenoxy) is 1. The molecule has 1 aliphatic heterocycles. The number of carbonyl (C=O) groups is 2. The van der Waals surface area contributed by atoms with Crippen LogP contribution < -0.4 is 4.90 Å². The lowest BCUT2D eigenvalue weighted by Gasteiger charge is -2.35. The Morgan fingerprint density at radius 1 is 1.09 bits per heavy atom. The zero-order valence-electron chi connectivity index (χ0n) is 16.9. The number of anilines is 1. The lowest BCUT2D eigenvalue weighted by Crippen LogP contribution is -2.50. The zero-order valence-corrected chi connectivity index (χ0v) is 17.6. The summed E-state index contributed by atoms with van der Waals surface area (Å²) in [6.07, 6.45) is -3.38. The van der Waals surface area contributed by atoms with E-state index >= 15 is 0 Å². The molecule has 0 bridgehead atoms. The molecule has 1 aliphatic rings. The second kappa shape index (κ2) is 10.2. The van der Waals surface area contributed by atoms with E-state index in [0.29, 0.717) is 19.5 Å². The maximum Gasteiger partial charge on any atom is 0.417 e. The number of hydrogen-bond donors (Lipinski definition) is 0. The van der Waals surface area contributed by atoms with Crippen molar-refractivity contribution in [2.45, 2.75) is 19.0 Å². The third kappa shape index (κ3) is 6.32. The number of aromatic nitrogens is 1. The minimum Gasteiger partial charge on any atom is -0.456 e. The number of aryl methyl sites for hydroxylation is 1. The summed E-state index contributed by atoms with van der Waals surface area (Å²) >= 11 is 5.97. The van der Waals surface area contributed by atoms with Gasteiger partial charge in [-0.2, -0.15) is 13.2 Å². The Morgan fingerprint density at radius 3 is 2.34 bits per heavy atom. The minimum atomic E-state index is -4.53. The van der Waals surface area contributed by atoms with E-state index in [-0.39, 0.29) is 42.1 Å². The second-order valence-electron chi connectivity index (χ2n) is 7.18. The fraction of sp³-hybridized carbons (Fsp3) is 0.381. The number of carbonyl (C=O) groups excluding carboxylic acids is 2. The minimum absolute atomic E-state index is 0.0603. The molecule has 32 heavy (non-hydrogen) atoms. The first kappa shape index (κ1) is 23.8. The lowest BCUT2D eigenvalue weighted by molar-refractivity contribution is -0.152. The molecule has 1 fully saturated rings. The monoisotopic (exact) mass is 473 g/mol. The van der Waals surface area contributed by atoms with Crippen LogP contribution in [-0.2, 0) is 26.9 Å². The van der Waals surface area contributed by atoms with Gasteiger partial charge in [-0.25, -0.2) is 9.37 Å². The Morgan fingerprint density at radius 2 is 1.75 bits per heavy atom. The van der Waals surface area contributed by atoms with Gasteiger partial charge in [0.25, 0.3) is 5.91 Å². The maximum absolute atomic E-state index is 12.9. The summed E-state index contributed by atoms with van der Waals surface area (Å²) in [5.41, 5.74) is -0.150. The van der Waals surface area contributed by atoms with Crippen LogP contribution in [0.2, 0.25) is 5.02 Å². The summed E-state index contributed by atoms with van der Waals surface area (Å²) in [5.74, 6) is -1.05. The number of esters is 1. The third-order valence-electron chi connectivity index (χ3n) is 4.97. The molecule has 2 heterocycles. The van der Waals surface area contributed by atoms with Crippen molar-refractivity contribution in [1.82, 2.24) is 9.88 Å². The van der Waals surface area contributed by atoms with Crippen LogP contribution in [0.3, 0.4) is 0 Å². The van der Waals surface area contributed by atoms with E-state index in [1.165, 1.54) is 17.0 Å². The molecule has 1 aromatic heterocycles. The van der Waals surface area contributed by atoms with Gasteiger partial charge in [0.1, 0.15) is 11.6 Å². The summed E-state index contributed by atoms with van der Waals surface area (Å²) in [6, 6.07) is 6.58. The molecule has 0 saturated carbocycles. The number of piperazine rings is 1. The van der Waals surface area contributed by atoms with E-state index in [9.17, 15) is 27.2 Å². The average molecular weight is 474 g/mol. The predicted octanol–water partition coefficient (Wildman–Crippen LogP) is 3.72. The number of amides is 1. The van der Waals surface area contributed by atoms with Crippen LogP contribution >= 0.6 is 11.6 Å². The first-order valence-corrected chi connectivity index (χ1v) is 10.2. The maximum atomic E-state index is 12.9. The highest BCUT2D eigenvalue weighted by molar-refractivity contribution is 6.33. The SMILES string of the molecule is O=C(CCc1ccc(F)cc1)OCC(=O)N1CCN(c2ncc(C(F)(F)F)cc2Cl)CC1. The summed E-state index contributed by atoms with van der Waals surface area (Å²) < 4.78 is 56.2. The number of pyridine rings is 1. The van der Waals surface area contributed by atoms with E-state index in [4.69, 9.17) is 16.3 Å². The van der Waals surface area contributed by atoms with Gasteiger partial charge in [0.2, 0.25) is 0 Å². The Labute approximate surface area is 186 Å². The fourth-order valence-corrected chi connectivity index (χ4v) is 3.48. The van der Waals surface area contributed by atoms with Crippen molar-refractivity contribution in [3.8, 4) is 0 Å². The van der Waals surface area contributed by atoms with Gasteiger partial charge in [0.05, 0.1) is 10.6 Å². The topological polar surface area (TPSA) is 62.7 Å². The highest BCUT2D eigenvalue weighted by Gasteiger charge is 2.32. The number of alkyl halides is 3. The molecule has 11 heteroatoms. The molecule has 172 valence electrons. The molecule has 3 rings (SSSR count). The number of halogens is 5. The van der Waals surface area contributed by atoms with E-state index in [1.807, 2.05) is 0 Å². The quantitative estimate of drug-likeness (QED) is 0.473. The smallest absolute Gasteiger partial charge is 0.417 e. The van der Waals surface area contributed by atoms with Crippen molar-refractivity contribution in [1.29, 1.82) is 0 Å². The van der Waals surface area contributed by atoms with Crippen LogP contribution in [0.4, 0.5) is 23.4 Å². The molecule has 0 N–H and O–H groups in total. The molecule has 0 aliphatic carbocycles. The van der Waals surface area contributed by atoms with Gasteiger partial charge in [-0.15, -0.1) is 0 Å². The summed E-state index contributed by atoms with van der Waals surface area (Å²) in [4.78, 5) is 31.2.